The number of rotatable bonds is 8. The van der Waals surface area contributed by atoms with Crippen LogP contribution >= 0.6 is 0 Å². The van der Waals surface area contributed by atoms with Gasteiger partial charge in [-0.1, -0.05) is 0 Å². The van der Waals surface area contributed by atoms with Crippen LogP contribution in [0.1, 0.15) is 34.8 Å². The zero-order valence-electron chi connectivity index (χ0n) is 17.1. The first-order valence-corrected chi connectivity index (χ1v) is 9.88. The van der Waals surface area contributed by atoms with Gasteiger partial charge in [0.15, 0.2) is 6.29 Å². The van der Waals surface area contributed by atoms with Gasteiger partial charge < -0.3 is 19.9 Å². The molecule has 8 nitrogen and oxygen atoms in total. The molecule has 1 amide bonds. The van der Waals surface area contributed by atoms with E-state index in [9.17, 15) is 23.2 Å². The number of carbonyl (C=O) groups is 3. The van der Waals surface area contributed by atoms with Gasteiger partial charge in [0.25, 0.3) is 0 Å². The molecule has 3 rings (SSSR count). The molecule has 1 fully saturated rings. The maximum absolute atomic E-state index is 14.7. The number of hydrogen-bond acceptors (Lipinski definition) is 7. The Kier molecular flexibility index (Phi) is 7.22. The lowest BCUT2D eigenvalue weighted by Crippen LogP contribution is -2.47. The SMILES string of the molecule is CNC(=O)CCC(C=O)c1c(F)cc(N2CCN(c3cnc(C=O)cn3)CC2)cc1F. The summed E-state index contributed by atoms with van der Waals surface area (Å²) in [5, 5.41) is 2.42. The maximum Gasteiger partial charge on any atom is 0.219 e. The summed E-state index contributed by atoms with van der Waals surface area (Å²) in [5.74, 6) is -2.31. The highest BCUT2D eigenvalue weighted by Gasteiger charge is 2.25. The first-order valence-electron chi connectivity index (χ1n) is 9.88. The molecule has 2 heterocycles. The molecule has 0 aliphatic carbocycles. The van der Waals surface area contributed by atoms with Crippen molar-refractivity contribution >= 4 is 30.0 Å². The molecule has 1 unspecified atom stereocenters. The summed E-state index contributed by atoms with van der Waals surface area (Å²) in [6, 6.07) is 2.45. The van der Waals surface area contributed by atoms with Gasteiger partial charge in [-0.25, -0.2) is 18.7 Å². The summed E-state index contributed by atoms with van der Waals surface area (Å²) in [4.78, 5) is 45.5. The molecule has 1 aliphatic heterocycles. The summed E-state index contributed by atoms with van der Waals surface area (Å²) in [7, 11) is 1.46. The third-order valence-corrected chi connectivity index (χ3v) is 5.31. The van der Waals surface area contributed by atoms with E-state index >= 15 is 0 Å². The minimum absolute atomic E-state index is 0.000776. The predicted molar refractivity (Wildman–Crippen MR) is 110 cm³/mol. The van der Waals surface area contributed by atoms with Crippen LogP contribution in [0, 0.1) is 11.6 Å². The molecule has 1 aliphatic rings. The molecule has 2 aromatic rings. The summed E-state index contributed by atoms with van der Waals surface area (Å²) in [6.07, 6.45) is 4.03. The zero-order valence-corrected chi connectivity index (χ0v) is 17.1. The van der Waals surface area contributed by atoms with Crippen molar-refractivity contribution in [2.24, 2.45) is 0 Å². The van der Waals surface area contributed by atoms with Gasteiger partial charge in [-0.2, -0.15) is 0 Å². The van der Waals surface area contributed by atoms with Crippen LogP contribution in [0.25, 0.3) is 0 Å². The number of nitrogens with one attached hydrogen (secondary N) is 1. The van der Waals surface area contributed by atoms with Crippen molar-refractivity contribution < 1.29 is 23.2 Å². The Labute approximate surface area is 178 Å². The topological polar surface area (TPSA) is 95.5 Å². The van der Waals surface area contributed by atoms with Crippen molar-refractivity contribution in [3.05, 3.63) is 47.4 Å². The fourth-order valence-electron chi connectivity index (χ4n) is 3.55. The van der Waals surface area contributed by atoms with Crippen molar-refractivity contribution in [3.8, 4) is 0 Å². The van der Waals surface area contributed by atoms with E-state index in [4.69, 9.17) is 0 Å². The van der Waals surface area contributed by atoms with Crippen LogP contribution in [0.15, 0.2) is 24.5 Å². The van der Waals surface area contributed by atoms with Crippen LogP contribution in [-0.2, 0) is 9.59 Å². The average Bonchev–Trinajstić information content (AvgIpc) is 2.80. The number of carbonyl (C=O) groups excluding carboxylic acids is 3. The molecule has 0 saturated carbocycles. The Balaban J connectivity index is 1.69. The monoisotopic (exact) mass is 431 g/mol. The van der Waals surface area contributed by atoms with Crippen molar-refractivity contribution in [3.63, 3.8) is 0 Å². The number of amides is 1. The number of hydrogen-bond donors (Lipinski definition) is 1. The Hall–Kier alpha value is -3.43. The minimum atomic E-state index is -1.03. The van der Waals surface area contributed by atoms with E-state index in [1.165, 1.54) is 31.6 Å². The number of aldehydes is 2. The normalized spacial score (nSPS) is 14.8. The number of benzene rings is 1. The van der Waals surface area contributed by atoms with Gasteiger partial charge in [-0.3, -0.25) is 9.59 Å². The molecule has 1 N–H and O–H groups in total. The quantitative estimate of drug-likeness (QED) is 0.636. The zero-order chi connectivity index (χ0) is 22.4. The van der Waals surface area contributed by atoms with Crippen LogP contribution in [-0.4, -0.2) is 61.7 Å². The standard InChI is InChI=1S/C21H23F2N5O3/c1-24-20(31)3-2-14(12-29)21-17(22)8-16(9-18(21)23)27-4-6-28(7-5-27)19-11-25-15(13-30)10-26-19/h8-14H,2-7H2,1H3,(H,24,31). The Morgan fingerprint density at radius 1 is 1.10 bits per heavy atom. The molecule has 0 radical (unpaired) electrons. The van der Waals surface area contributed by atoms with Gasteiger partial charge in [0, 0.05) is 56.8 Å². The van der Waals surface area contributed by atoms with E-state index in [1.807, 2.05) is 9.80 Å². The molecule has 31 heavy (non-hydrogen) atoms. The first kappa shape index (κ1) is 22.3. The number of aromatic nitrogens is 2. The summed E-state index contributed by atoms with van der Waals surface area (Å²) < 4.78 is 29.5. The van der Waals surface area contributed by atoms with Crippen LogP contribution in [0.4, 0.5) is 20.3 Å². The summed E-state index contributed by atoms with van der Waals surface area (Å²) in [5.41, 5.74) is 0.320. The van der Waals surface area contributed by atoms with E-state index < -0.39 is 17.6 Å². The molecule has 0 bridgehead atoms. The van der Waals surface area contributed by atoms with E-state index in [0.29, 0.717) is 50.3 Å². The van der Waals surface area contributed by atoms with E-state index in [-0.39, 0.29) is 30.0 Å². The fraction of sp³-hybridized carbons (Fsp3) is 0.381. The lowest BCUT2D eigenvalue weighted by atomic mass is 9.94. The van der Waals surface area contributed by atoms with Crippen molar-refractivity contribution in [2.45, 2.75) is 18.8 Å². The molecule has 1 aromatic heterocycles. The minimum Gasteiger partial charge on any atom is -0.368 e. The van der Waals surface area contributed by atoms with Gasteiger partial charge in [-0.05, 0) is 18.6 Å². The first-order chi connectivity index (χ1) is 15.0. The summed E-state index contributed by atoms with van der Waals surface area (Å²) >= 11 is 0. The highest BCUT2D eigenvalue weighted by Crippen LogP contribution is 2.30. The van der Waals surface area contributed by atoms with Gasteiger partial charge in [-0.15, -0.1) is 0 Å². The molecule has 164 valence electrons. The third kappa shape index (κ3) is 5.19. The number of halogens is 2. The third-order valence-electron chi connectivity index (χ3n) is 5.31. The number of anilines is 2. The predicted octanol–water partition coefficient (Wildman–Crippen LogP) is 1.70. The highest BCUT2D eigenvalue weighted by atomic mass is 19.1. The molecule has 1 aromatic carbocycles. The van der Waals surface area contributed by atoms with Crippen molar-refractivity contribution in [1.29, 1.82) is 0 Å². The van der Waals surface area contributed by atoms with Gasteiger partial charge in [0.2, 0.25) is 5.91 Å². The number of piperazine rings is 1. The van der Waals surface area contributed by atoms with Crippen LogP contribution in [0.5, 0.6) is 0 Å². The van der Waals surface area contributed by atoms with Gasteiger partial charge >= 0.3 is 0 Å². The highest BCUT2D eigenvalue weighted by molar-refractivity contribution is 5.76. The second-order valence-electron chi connectivity index (χ2n) is 7.17. The van der Waals surface area contributed by atoms with E-state index in [1.54, 1.807) is 0 Å². The van der Waals surface area contributed by atoms with Gasteiger partial charge in [0.05, 0.1) is 12.4 Å². The molecular weight excluding hydrogens is 408 g/mol. The molecule has 0 spiro atoms. The average molecular weight is 431 g/mol. The summed E-state index contributed by atoms with van der Waals surface area (Å²) in [6.45, 7) is 2.12. The maximum atomic E-state index is 14.7. The Morgan fingerprint density at radius 3 is 2.26 bits per heavy atom. The molecule has 1 atom stereocenters. The van der Waals surface area contributed by atoms with Crippen LogP contribution < -0.4 is 15.1 Å². The Morgan fingerprint density at radius 2 is 1.74 bits per heavy atom. The second kappa shape index (κ2) is 10.1. The van der Waals surface area contributed by atoms with Crippen LogP contribution in [0.2, 0.25) is 0 Å². The van der Waals surface area contributed by atoms with Crippen molar-refractivity contribution in [2.75, 3.05) is 43.0 Å². The Bertz CT molecular complexity index is 924. The van der Waals surface area contributed by atoms with E-state index in [2.05, 4.69) is 15.3 Å². The lowest BCUT2D eigenvalue weighted by Gasteiger charge is -2.36. The fourth-order valence-corrected chi connectivity index (χ4v) is 3.55. The van der Waals surface area contributed by atoms with E-state index in [0.717, 1.165) is 0 Å². The number of nitrogens with zero attached hydrogens (tertiary/aromatic N) is 4. The van der Waals surface area contributed by atoms with Gasteiger partial charge in [0.1, 0.15) is 29.4 Å². The lowest BCUT2D eigenvalue weighted by molar-refractivity contribution is -0.120. The molecule has 1 saturated heterocycles. The largest absolute Gasteiger partial charge is 0.368 e. The molecule has 10 heteroatoms. The smallest absolute Gasteiger partial charge is 0.219 e. The molecular formula is C21H23F2N5O3. The van der Waals surface area contributed by atoms with Crippen LogP contribution in [0.3, 0.4) is 0 Å². The van der Waals surface area contributed by atoms with Crippen molar-refractivity contribution in [1.82, 2.24) is 15.3 Å². The second-order valence-corrected chi connectivity index (χ2v) is 7.17.